The zero-order valence-corrected chi connectivity index (χ0v) is 6.52. The first-order chi connectivity index (χ1) is 5.24. The molecule has 1 N–H and O–H groups in total. The molecule has 0 heterocycles. The maximum Gasteiger partial charge on any atom is 0.246 e. The lowest BCUT2D eigenvalue weighted by atomic mass is 9.98. The molecule has 0 spiro atoms. The molecule has 0 saturated carbocycles. The fourth-order valence-corrected chi connectivity index (χ4v) is 1.08. The summed E-state index contributed by atoms with van der Waals surface area (Å²) < 4.78 is 0. The third-order valence-electron chi connectivity index (χ3n) is 1.77. The predicted octanol–water partition coefficient (Wildman–Crippen LogP) is 0.412. The van der Waals surface area contributed by atoms with Crippen LogP contribution in [0.1, 0.15) is 19.3 Å². The van der Waals surface area contributed by atoms with Gasteiger partial charge in [-0.2, -0.15) is 0 Å². The molecule has 0 bridgehead atoms. The Morgan fingerprint density at radius 3 is 2.73 bits per heavy atom. The van der Waals surface area contributed by atoms with Crippen LogP contribution in [0.3, 0.4) is 0 Å². The third-order valence-corrected chi connectivity index (χ3v) is 1.77. The van der Waals surface area contributed by atoms with Crippen molar-refractivity contribution in [2.45, 2.75) is 19.3 Å². The van der Waals surface area contributed by atoms with E-state index < -0.39 is 0 Å². The highest BCUT2D eigenvalue weighted by atomic mass is 16.1. The van der Waals surface area contributed by atoms with Crippen LogP contribution < -0.4 is 5.32 Å². The fraction of sp³-hybridized carbons (Fsp3) is 0.500. The van der Waals surface area contributed by atoms with Crippen LogP contribution in [0.4, 0.5) is 0 Å². The summed E-state index contributed by atoms with van der Waals surface area (Å²) >= 11 is 0. The molecule has 1 rings (SSSR count). The Morgan fingerprint density at radius 1 is 1.55 bits per heavy atom. The van der Waals surface area contributed by atoms with Crippen LogP contribution in [0, 0.1) is 0 Å². The second-order valence-electron chi connectivity index (χ2n) is 2.55. The molecule has 3 heteroatoms. The van der Waals surface area contributed by atoms with Gasteiger partial charge in [0.25, 0.3) is 0 Å². The van der Waals surface area contributed by atoms with Crippen molar-refractivity contribution in [2.75, 3.05) is 7.05 Å². The first kappa shape index (κ1) is 7.98. The van der Waals surface area contributed by atoms with Crippen molar-refractivity contribution < 1.29 is 9.59 Å². The van der Waals surface area contributed by atoms with Gasteiger partial charge >= 0.3 is 0 Å². The minimum atomic E-state index is -0.0579. The van der Waals surface area contributed by atoms with Gasteiger partial charge in [-0.15, -0.1) is 0 Å². The Hall–Kier alpha value is -1.12. The molecule has 0 aromatic carbocycles. The molecular formula is C8H11NO2. The molecule has 0 atom stereocenters. The van der Waals surface area contributed by atoms with Crippen LogP contribution in [0.25, 0.3) is 0 Å². The van der Waals surface area contributed by atoms with E-state index in [1.807, 2.05) is 0 Å². The number of Topliss-reactive ketones (excluding diaryl/α,β-unsaturated/α-hetero) is 1. The molecule has 0 aliphatic heterocycles. The standard InChI is InChI=1S/C8H11NO2/c1-9-8(11)6-2-4-7(10)5-3-6/h2H,3-5H2,1H3,(H,9,11). The molecule has 11 heavy (non-hydrogen) atoms. The predicted molar refractivity (Wildman–Crippen MR) is 41.0 cm³/mol. The van der Waals surface area contributed by atoms with Crippen molar-refractivity contribution in [2.24, 2.45) is 0 Å². The maximum absolute atomic E-state index is 11.0. The Balaban J connectivity index is 2.61. The minimum absolute atomic E-state index is 0.0579. The first-order valence-corrected chi connectivity index (χ1v) is 3.67. The molecule has 3 nitrogen and oxygen atoms in total. The molecule has 0 saturated heterocycles. The number of allylic oxidation sites excluding steroid dienone is 1. The van der Waals surface area contributed by atoms with Gasteiger partial charge in [0.1, 0.15) is 5.78 Å². The second kappa shape index (κ2) is 3.32. The molecular weight excluding hydrogens is 142 g/mol. The SMILES string of the molecule is CNC(=O)C1=CCC(=O)CC1. The van der Waals surface area contributed by atoms with Gasteiger partial charge < -0.3 is 5.32 Å². The summed E-state index contributed by atoms with van der Waals surface area (Å²) in [5.41, 5.74) is 0.743. The van der Waals surface area contributed by atoms with Crippen LogP contribution >= 0.6 is 0 Å². The summed E-state index contributed by atoms with van der Waals surface area (Å²) in [6.07, 6.45) is 3.24. The Bertz CT molecular complexity index is 218. The quantitative estimate of drug-likeness (QED) is 0.593. The van der Waals surface area contributed by atoms with Gasteiger partial charge in [-0.05, 0) is 6.42 Å². The summed E-state index contributed by atoms with van der Waals surface area (Å²) in [6, 6.07) is 0. The van der Waals surface area contributed by atoms with Crippen molar-refractivity contribution in [3.63, 3.8) is 0 Å². The smallest absolute Gasteiger partial charge is 0.246 e. The van der Waals surface area contributed by atoms with Crippen molar-refractivity contribution in [3.8, 4) is 0 Å². The minimum Gasteiger partial charge on any atom is -0.355 e. The topological polar surface area (TPSA) is 46.2 Å². The third kappa shape index (κ3) is 1.90. The number of amides is 1. The number of hydrogen-bond donors (Lipinski definition) is 1. The molecule has 0 fully saturated rings. The van der Waals surface area contributed by atoms with Crippen LogP contribution in [0.5, 0.6) is 0 Å². The van der Waals surface area contributed by atoms with Crippen LogP contribution in [0.15, 0.2) is 11.6 Å². The Morgan fingerprint density at radius 2 is 2.27 bits per heavy atom. The largest absolute Gasteiger partial charge is 0.355 e. The molecule has 1 aliphatic rings. The highest BCUT2D eigenvalue weighted by Gasteiger charge is 2.14. The fourth-order valence-electron chi connectivity index (χ4n) is 1.08. The lowest BCUT2D eigenvalue weighted by Crippen LogP contribution is -2.22. The van der Waals surface area contributed by atoms with Crippen molar-refractivity contribution in [1.82, 2.24) is 5.32 Å². The van der Waals surface area contributed by atoms with E-state index in [4.69, 9.17) is 0 Å². The molecule has 0 aromatic heterocycles. The average molecular weight is 153 g/mol. The number of likely N-dealkylation sites (N-methyl/N-ethyl adjacent to an activating group) is 1. The molecule has 1 amide bonds. The molecule has 0 aromatic rings. The Labute approximate surface area is 65.5 Å². The van der Waals surface area contributed by atoms with E-state index in [-0.39, 0.29) is 11.7 Å². The first-order valence-electron chi connectivity index (χ1n) is 3.67. The second-order valence-corrected chi connectivity index (χ2v) is 2.55. The summed E-state index contributed by atoms with van der Waals surface area (Å²) in [7, 11) is 1.60. The number of nitrogens with one attached hydrogen (secondary N) is 1. The van der Waals surface area contributed by atoms with Crippen LogP contribution in [0.2, 0.25) is 0 Å². The van der Waals surface area contributed by atoms with Crippen molar-refractivity contribution >= 4 is 11.7 Å². The van der Waals surface area contributed by atoms with E-state index in [0.717, 1.165) is 5.57 Å². The van der Waals surface area contributed by atoms with Gasteiger partial charge in [0.15, 0.2) is 0 Å². The molecule has 1 aliphatic carbocycles. The Kier molecular flexibility index (Phi) is 2.41. The normalized spacial score (nSPS) is 17.5. The number of rotatable bonds is 1. The summed E-state index contributed by atoms with van der Waals surface area (Å²) in [6.45, 7) is 0. The van der Waals surface area contributed by atoms with E-state index in [2.05, 4.69) is 5.32 Å². The molecule has 0 radical (unpaired) electrons. The highest BCUT2D eigenvalue weighted by Crippen LogP contribution is 2.14. The average Bonchev–Trinajstić information content (AvgIpc) is 2.05. The summed E-state index contributed by atoms with van der Waals surface area (Å²) in [4.78, 5) is 21.7. The lowest BCUT2D eigenvalue weighted by molar-refractivity contribution is -0.119. The van der Waals surface area contributed by atoms with Gasteiger partial charge in [0.2, 0.25) is 5.91 Å². The van der Waals surface area contributed by atoms with E-state index in [1.165, 1.54) is 0 Å². The van der Waals surface area contributed by atoms with E-state index in [9.17, 15) is 9.59 Å². The van der Waals surface area contributed by atoms with Crippen molar-refractivity contribution in [1.29, 1.82) is 0 Å². The van der Waals surface area contributed by atoms with Crippen LogP contribution in [-0.4, -0.2) is 18.7 Å². The van der Waals surface area contributed by atoms with E-state index in [1.54, 1.807) is 13.1 Å². The number of carbonyl (C=O) groups is 2. The van der Waals surface area contributed by atoms with Gasteiger partial charge in [0, 0.05) is 25.5 Å². The highest BCUT2D eigenvalue weighted by molar-refractivity contribution is 5.96. The van der Waals surface area contributed by atoms with Gasteiger partial charge in [0.05, 0.1) is 0 Å². The van der Waals surface area contributed by atoms with Crippen molar-refractivity contribution in [3.05, 3.63) is 11.6 Å². The van der Waals surface area contributed by atoms with E-state index >= 15 is 0 Å². The lowest BCUT2D eigenvalue weighted by Gasteiger charge is -2.09. The molecule has 60 valence electrons. The van der Waals surface area contributed by atoms with Gasteiger partial charge in [-0.3, -0.25) is 9.59 Å². The summed E-state index contributed by atoms with van der Waals surface area (Å²) in [5.74, 6) is 0.162. The van der Waals surface area contributed by atoms with Crippen LogP contribution in [-0.2, 0) is 9.59 Å². The monoisotopic (exact) mass is 153 g/mol. The van der Waals surface area contributed by atoms with Gasteiger partial charge in [-0.25, -0.2) is 0 Å². The zero-order valence-electron chi connectivity index (χ0n) is 6.52. The van der Waals surface area contributed by atoms with Gasteiger partial charge in [-0.1, -0.05) is 6.08 Å². The maximum atomic E-state index is 11.0. The zero-order chi connectivity index (χ0) is 8.27. The number of carbonyl (C=O) groups excluding carboxylic acids is 2. The number of hydrogen-bond acceptors (Lipinski definition) is 2. The molecule has 0 unspecified atom stereocenters. The number of ketones is 1. The summed E-state index contributed by atoms with van der Waals surface area (Å²) in [5, 5.41) is 2.53. The van der Waals surface area contributed by atoms with E-state index in [0.29, 0.717) is 19.3 Å².